The third kappa shape index (κ3) is 5.09. The summed E-state index contributed by atoms with van der Waals surface area (Å²) in [6.07, 6.45) is 0. The maximum Gasteiger partial charge on any atom is 0.258 e. The predicted molar refractivity (Wildman–Crippen MR) is 107 cm³/mol. The highest BCUT2D eigenvalue weighted by atomic mass is 16.5. The van der Waals surface area contributed by atoms with E-state index in [1.807, 2.05) is 56.3 Å². The summed E-state index contributed by atoms with van der Waals surface area (Å²) in [7, 11) is 0. The monoisotopic (exact) mass is 380 g/mol. The van der Waals surface area contributed by atoms with Crippen LogP contribution in [0, 0.1) is 5.92 Å². The molecule has 2 aromatic carbocycles. The number of carbonyl (C=O) groups excluding carboxylic acids is 2. The number of para-hydroxylation sites is 3. The smallest absolute Gasteiger partial charge is 0.258 e. The summed E-state index contributed by atoms with van der Waals surface area (Å²) in [5.74, 6) is 0.588. The first-order chi connectivity index (χ1) is 13.5. The lowest BCUT2D eigenvalue weighted by molar-refractivity contribution is -0.131. The third-order valence-electron chi connectivity index (χ3n) is 4.25. The minimum atomic E-state index is -0.656. The predicted octanol–water partition coefficient (Wildman–Crippen LogP) is 2.40. The highest BCUT2D eigenvalue weighted by Gasteiger charge is 2.24. The van der Waals surface area contributed by atoms with Crippen molar-refractivity contribution in [2.75, 3.05) is 6.61 Å². The van der Waals surface area contributed by atoms with Gasteiger partial charge in [0.2, 0.25) is 5.91 Å². The van der Waals surface area contributed by atoms with Crippen molar-refractivity contribution in [1.82, 2.24) is 20.6 Å². The van der Waals surface area contributed by atoms with Gasteiger partial charge in [0, 0.05) is 0 Å². The summed E-state index contributed by atoms with van der Waals surface area (Å²) in [5.41, 5.74) is 1.76. The second kappa shape index (κ2) is 9.03. The van der Waals surface area contributed by atoms with Gasteiger partial charge in [-0.05, 0) is 30.2 Å². The molecule has 1 heterocycles. The van der Waals surface area contributed by atoms with Crippen LogP contribution in [0.4, 0.5) is 0 Å². The molecule has 3 rings (SSSR count). The van der Waals surface area contributed by atoms with Crippen LogP contribution in [0.15, 0.2) is 54.6 Å². The van der Waals surface area contributed by atoms with Crippen molar-refractivity contribution in [1.29, 1.82) is 0 Å². The van der Waals surface area contributed by atoms with Crippen LogP contribution < -0.4 is 15.4 Å². The fourth-order valence-corrected chi connectivity index (χ4v) is 2.79. The number of amides is 2. The number of nitrogens with zero attached hydrogens (tertiary/aromatic N) is 1. The molecule has 3 aromatic rings. The molecule has 28 heavy (non-hydrogen) atoms. The Morgan fingerprint density at radius 2 is 1.79 bits per heavy atom. The van der Waals surface area contributed by atoms with Crippen LogP contribution in [0.3, 0.4) is 0 Å². The van der Waals surface area contributed by atoms with E-state index >= 15 is 0 Å². The first-order valence-corrected chi connectivity index (χ1v) is 9.21. The Morgan fingerprint density at radius 3 is 2.50 bits per heavy atom. The molecule has 0 bridgehead atoms. The first-order valence-electron chi connectivity index (χ1n) is 9.21. The van der Waals surface area contributed by atoms with Crippen LogP contribution >= 0.6 is 0 Å². The van der Waals surface area contributed by atoms with Crippen LogP contribution in [-0.2, 0) is 16.1 Å². The molecule has 0 aliphatic carbocycles. The summed E-state index contributed by atoms with van der Waals surface area (Å²) in [6.45, 7) is 3.87. The van der Waals surface area contributed by atoms with Gasteiger partial charge in [0.15, 0.2) is 6.61 Å². The van der Waals surface area contributed by atoms with Gasteiger partial charge in [-0.15, -0.1) is 0 Å². The van der Waals surface area contributed by atoms with Crippen LogP contribution in [0.1, 0.15) is 19.7 Å². The number of H-pyrrole nitrogens is 1. The Labute approximate surface area is 163 Å². The van der Waals surface area contributed by atoms with E-state index in [9.17, 15) is 9.59 Å². The molecule has 0 saturated carbocycles. The fourth-order valence-electron chi connectivity index (χ4n) is 2.79. The van der Waals surface area contributed by atoms with Crippen molar-refractivity contribution in [2.24, 2.45) is 5.92 Å². The number of imidazole rings is 1. The SMILES string of the molecule is CC(C)C(NC(=O)COc1ccccc1)C(=O)NCc1nc2ccccc2[nH]1. The Balaban J connectivity index is 1.53. The van der Waals surface area contributed by atoms with E-state index in [1.54, 1.807) is 12.1 Å². The number of hydrogen-bond donors (Lipinski definition) is 3. The molecule has 0 aliphatic heterocycles. The summed E-state index contributed by atoms with van der Waals surface area (Å²) >= 11 is 0. The number of carbonyl (C=O) groups is 2. The van der Waals surface area contributed by atoms with Crippen molar-refractivity contribution >= 4 is 22.8 Å². The maximum atomic E-state index is 12.6. The lowest BCUT2D eigenvalue weighted by atomic mass is 10.0. The van der Waals surface area contributed by atoms with Crippen LogP contribution in [0.25, 0.3) is 11.0 Å². The van der Waals surface area contributed by atoms with Gasteiger partial charge in [0.25, 0.3) is 5.91 Å². The minimum absolute atomic E-state index is 0.0728. The zero-order valence-electron chi connectivity index (χ0n) is 15.9. The van der Waals surface area contributed by atoms with Gasteiger partial charge in [-0.1, -0.05) is 44.2 Å². The molecule has 7 nitrogen and oxygen atoms in total. The number of hydrogen-bond acceptors (Lipinski definition) is 4. The highest BCUT2D eigenvalue weighted by molar-refractivity contribution is 5.88. The van der Waals surface area contributed by atoms with Gasteiger partial charge in [-0.3, -0.25) is 9.59 Å². The van der Waals surface area contributed by atoms with Crippen molar-refractivity contribution in [3.05, 3.63) is 60.4 Å². The summed E-state index contributed by atoms with van der Waals surface area (Å²) in [5, 5.41) is 5.58. The molecule has 1 atom stereocenters. The number of aromatic amines is 1. The molecule has 3 N–H and O–H groups in total. The number of rotatable bonds is 8. The molecule has 1 aromatic heterocycles. The molecular formula is C21H24N4O3. The van der Waals surface area contributed by atoms with E-state index in [0.717, 1.165) is 11.0 Å². The standard InChI is InChI=1S/C21H24N4O3/c1-14(2)20(25-19(26)13-28-15-8-4-3-5-9-15)21(27)22-12-18-23-16-10-6-7-11-17(16)24-18/h3-11,14,20H,12-13H2,1-2H3,(H,22,27)(H,23,24)(H,25,26). The molecule has 0 fully saturated rings. The molecule has 0 aliphatic rings. The number of benzene rings is 2. The molecule has 7 heteroatoms. The minimum Gasteiger partial charge on any atom is -0.484 e. The topological polar surface area (TPSA) is 96.1 Å². The zero-order chi connectivity index (χ0) is 19.9. The number of ether oxygens (including phenoxy) is 1. The van der Waals surface area contributed by atoms with E-state index in [2.05, 4.69) is 20.6 Å². The molecule has 146 valence electrons. The Kier molecular flexibility index (Phi) is 6.26. The van der Waals surface area contributed by atoms with Gasteiger partial charge in [0.1, 0.15) is 17.6 Å². The van der Waals surface area contributed by atoms with Gasteiger partial charge in [-0.25, -0.2) is 4.98 Å². The largest absolute Gasteiger partial charge is 0.484 e. The van der Waals surface area contributed by atoms with Crippen molar-refractivity contribution < 1.29 is 14.3 Å². The quantitative estimate of drug-likeness (QED) is 0.559. The van der Waals surface area contributed by atoms with Crippen LogP contribution in [0.2, 0.25) is 0 Å². The average molecular weight is 380 g/mol. The van der Waals surface area contributed by atoms with Gasteiger partial charge in [-0.2, -0.15) is 0 Å². The number of nitrogens with one attached hydrogen (secondary N) is 3. The molecule has 0 saturated heterocycles. The Bertz CT molecular complexity index is 904. The molecule has 0 spiro atoms. The fraction of sp³-hybridized carbons (Fsp3) is 0.286. The highest BCUT2D eigenvalue weighted by Crippen LogP contribution is 2.11. The van der Waals surface area contributed by atoms with E-state index < -0.39 is 6.04 Å². The van der Waals surface area contributed by atoms with Gasteiger partial charge >= 0.3 is 0 Å². The van der Waals surface area contributed by atoms with Gasteiger partial charge < -0.3 is 20.4 Å². The maximum absolute atomic E-state index is 12.6. The molecule has 1 unspecified atom stereocenters. The number of aromatic nitrogens is 2. The molecular weight excluding hydrogens is 356 g/mol. The van der Waals surface area contributed by atoms with Crippen molar-refractivity contribution in [3.63, 3.8) is 0 Å². The van der Waals surface area contributed by atoms with Crippen molar-refractivity contribution in [2.45, 2.75) is 26.4 Å². The summed E-state index contributed by atoms with van der Waals surface area (Å²) in [6, 6.07) is 16.1. The molecule has 0 radical (unpaired) electrons. The summed E-state index contributed by atoms with van der Waals surface area (Å²) in [4.78, 5) is 32.4. The van der Waals surface area contributed by atoms with E-state index in [4.69, 9.17) is 4.74 Å². The lowest BCUT2D eigenvalue weighted by Crippen LogP contribution is -2.50. The zero-order valence-corrected chi connectivity index (χ0v) is 15.9. The number of fused-ring (bicyclic) bond motifs is 1. The van der Waals surface area contributed by atoms with Crippen LogP contribution in [0.5, 0.6) is 5.75 Å². The Morgan fingerprint density at radius 1 is 1.07 bits per heavy atom. The first kappa shape index (κ1) is 19.4. The van der Waals surface area contributed by atoms with E-state index in [1.165, 1.54) is 0 Å². The Hall–Kier alpha value is -3.35. The summed E-state index contributed by atoms with van der Waals surface area (Å²) < 4.78 is 5.43. The van der Waals surface area contributed by atoms with Crippen molar-refractivity contribution in [3.8, 4) is 5.75 Å². The van der Waals surface area contributed by atoms with E-state index in [-0.39, 0.29) is 30.9 Å². The second-order valence-electron chi connectivity index (χ2n) is 6.81. The third-order valence-corrected chi connectivity index (χ3v) is 4.25. The normalized spacial score (nSPS) is 12.0. The van der Waals surface area contributed by atoms with E-state index in [0.29, 0.717) is 11.6 Å². The van der Waals surface area contributed by atoms with Crippen LogP contribution in [-0.4, -0.2) is 34.4 Å². The average Bonchev–Trinajstić information content (AvgIpc) is 3.12. The second-order valence-corrected chi connectivity index (χ2v) is 6.81. The van der Waals surface area contributed by atoms with Gasteiger partial charge in [0.05, 0.1) is 17.6 Å². The molecule has 2 amide bonds. The lowest BCUT2D eigenvalue weighted by Gasteiger charge is -2.21.